The van der Waals surface area contributed by atoms with Gasteiger partial charge in [0, 0.05) is 29.6 Å². The fourth-order valence-electron chi connectivity index (χ4n) is 3.66. The van der Waals surface area contributed by atoms with Gasteiger partial charge >= 0.3 is 0 Å². The lowest BCUT2D eigenvalue weighted by Crippen LogP contribution is -2.05. The predicted molar refractivity (Wildman–Crippen MR) is 135 cm³/mol. The SMILES string of the molecule is C#Cc1ccsc1-c1nc2nc(C)ccn2c1NCc1ccccc1OC.c1cc2cc-2c1. The number of terminal acetylenes is 1. The molecule has 6 rings (SSSR count). The second kappa shape index (κ2) is 8.81. The Balaban J connectivity index is 0.000000324. The van der Waals surface area contributed by atoms with E-state index in [1.54, 1.807) is 18.4 Å². The van der Waals surface area contributed by atoms with E-state index in [2.05, 4.69) is 40.5 Å². The van der Waals surface area contributed by atoms with Crippen LogP contribution in [0.4, 0.5) is 5.82 Å². The minimum absolute atomic E-state index is 0.593. The molecule has 0 bridgehead atoms. The van der Waals surface area contributed by atoms with Crippen molar-refractivity contribution < 1.29 is 4.74 Å². The zero-order chi connectivity index (χ0) is 22.8. The van der Waals surface area contributed by atoms with Crippen molar-refractivity contribution >= 4 is 22.9 Å². The molecule has 0 unspecified atom stereocenters. The molecule has 0 atom stereocenters. The number of imidazole rings is 1. The number of hydrogen-bond acceptors (Lipinski definition) is 5. The third kappa shape index (κ3) is 4.19. The molecule has 0 aliphatic heterocycles. The number of hydrogen-bond donors (Lipinski definition) is 1. The lowest BCUT2D eigenvalue weighted by Gasteiger charge is -2.11. The Morgan fingerprint density at radius 3 is 2.58 bits per heavy atom. The van der Waals surface area contributed by atoms with Gasteiger partial charge in [0.05, 0.1) is 12.0 Å². The van der Waals surface area contributed by atoms with E-state index in [4.69, 9.17) is 16.1 Å². The molecule has 6 heteroatoms. The van der Waals surface area contributed by atoms with Crippen LogP contribution in [0.2, 0.25) is 0 Å². The topological polar surface area (TPSA) is 51.5 Å². The van der Waals surface area contributed by atoms with Gasteiger partial charge in [-0.05, 0) is 47.7 Å². The van der Waals surface area contributed by atoms with Crippen molar-refractivity contribution in [3.8, 4) is 39.8 Å². The molecule has 2 aliphatic carbocycles. The number of anilines is 1. The van der Waals surface area contributed by atoms with Crippen LogP contribution in [-0.2, 0) is 6.54 Å². The van der Waals surface area contributed by atoms with Crippen LogP contribution in [0.1, 0.15) is 16.8 Å². The van der Waals surface area contributed by atoms with Gasteiger partial charge in [-0.15, -0.1) is 17.8 Å². The number of aromatic nitrogens is 3. The molecule has 3 heterocycles. The number of para-hydroxylation sites is 1. The van der Waals surface area contributed by atoms with Crippen LogP contribution in [0.5, 0.6) is 5.75 Å². The highest BCUT2D eigenvalue weighted by Crippen LogP contribution is 2.35. The normalized spacial score (nSPS) is 10.8. The van der Waals surface area contributed by atoms with Gasteiger partial charge < -0.3 is 10.1 Å². The first-order valence-corrected chi connectivity index (χ1v) is 11.4. The fourth-order valence-corrected chi connectivity index (χ4v) is 4.50. The Labute approximate surface area is 196 Å². The lowest BCUT2D eigenvalue weighted by atomic mass is 10.2. The van der Waals surface area contributed by atoms with Gasteiger partial charge in [-0.1, -0.05) is 42.3 Å². The van der Waals surface area contributed by atoms with E-state index >= 15 is 0 Å². The second-order valence-electron chi connectivity index (χ2n) is 7.60. The average molecular weight is 451 g/mol. The number of nitrogens with one attached hydrogen (secondary N) is 1. The zero-order valence-corrected chi connectivity index (χ0v) is 19.2. The number of methoxy groups -OCH3 is 1. The average Bonchev–Trinajstić information content (AvgIpc) is 3.19. The summed E-state index contributed by atoms with van der Waals surface area (Å²) < 4.78 is 7.41. The summed E-state index contributed by atoms with van der Waals surface area (Å²) in [6.07, 6.45) is 7.65. The highest BCUT2D eigenvalue weighted by molar-refractivity contribution is 7.13. The van der Waals surface area contributed by atoms with Gasteiger partial charge in [0.2, 0.25) is 5.78 Å². The van der Waals surface area contributed by atoms with Crippen LogP contribution in [0.3, 0.4) is 0 Å². The predicted octanol–water partition coefficient (Wildman–Crippen LogP) is 6.04. The molecule has 1 aromatic carbocycles. The minimum Gasteiger partial charge on any atom is -0.496 e. The van der Waals surface area contributed by atoms with Gasteiger partial charge in [-0.25, -0.2) is 9.97 Å². The largest absolute Gasteiger partial charge is 0.496 e. The molecule has 162 valence electrons. The first-order chi connectivity index (χ1) is 16.2. The maximum absolute atomic E-state index is 5.67. The summed E-state index contributed by atoms with van der Waals surface area (Å²) in [7, 11) is 1.68. The van der Waals surface area contributed by atoms with Crippen LogP contribution in [0.25, 0.3) is 27.5 Å². The standard InChI is InChI=1S/C21H18N4OS.C6H4/c1-4-15-10-12-27-19(15)18-20(25-11-9-14(2)23-21(25)24-18)22-13-16-7-5-6-8-17(16)26-3;1-2-5-4-6(5)3-1/h1,5-12,22H,13H2,2-3H3;1-4H. The van der Waals surface area contributed by atoms with Gasteiger partial charge in [-0.2, -0.15) is 0 Å². The second-order valence-corrected chi connectivity index (χ2v) is 8.52. The molecule has 4 aromatic rings. The van der Waals surface area contributed by atoms with Crippen LogP contribution in [0.15, 0.2) is 72.2 Å². The van der Waals surface area contributed by atoms with E-state index in [1.807, 2.05) is 59.3 Å². The summed E-state index contributed by atoms with van der Waals surface area (Å²) >= 11 is 1.58. The molecule has 2 aliphatic rings. The number of benzene rings is 2. The summed E-state index contributed by atoms with van der Waals surface area (Å²) in [4.78, 5) is 10.3. The van der Waals surface area contributed by atoms with E-state index in [9.17, 15) is 0 Å². The van der Waals surface area contributed by atoms with E-state index in [1.165, 1.54) is 11.1 Å². The molecule has 33 heavy (non-hydrogen) atoms. The number of rotatable bonds is 5. The molecular formula is C27H22N4OS. The van der Waals surface area contributed by atoms with Gasteiger partial charge in [0.15, 0.2) is 0 Å². The quantitative estimate of drug-likeness (QED) is 0.326. The van der Waals surface area contributed by atoms with Crippen molar-refractivity contribution in [1.29, 1.82) is 0 Å². The third-order valence-corrected chi connectivity index (χ3v) is 6.34. The lowest BCUT2D eigenvalue weighted by molar-refractivity contribution is 0.410. The highest BCUT2D eigenvalue weighted by Gasteiger charge is 2.19. The third-order valence-electron chi connectivity index (χ3n) is 5.42. The molecule has 3 aromatic heterocycles. The van der Waals surface area contributed by atoms with Crippen molar-refractivity contribution in [2.45, 2.75) is 13.5 Å². The van der Waals surface area contributed by atoms with Crippen molar-refractivity contribution in [3.63, 3.8) is 0 Å². The fraction of sp³-hybridized carbons (Fsp3) is 0.111. The van der Waals surface area contributed by atoms with Crippen molar-refractivity contribution in [2.24, 2.45) is 0 Å². The summed E-state index contributed by atoms with van der Waals surface area (Å²) in [5, 5.41) is 5.49. The minimum atomic E-state index is 0.593. The van der Waals surface area contributed by atoms with Gasteiger partial charge in [-0.3, -0.25) is 4.40 Å². The van der Waals surface area contributed by atoms with Crippen molar-refractivity contribution in [3.05, 3.63) is 89.1 Å². The molecule has 0 spiro atoms. The molecule has 0 amide bonds. The van der Waals surface area contributed by atoms with Crippen LogP contribution < -0.4 is 10.1 Å². The Hall–Kier alpha value is -4.08. The monoisotopic (exact) mass is 450 g/mol. The number of ether oxygens (including phenoxy) is 1. The summed E-state index contributed by atoms with van der Waals surface area (Å²) in [6, 6.07) is 20.3. The maximum atomic E-state index is 5.67. The van der Waals surface area contributed by atoms with E-state index in [0.717, 1.165) is 39.0 Å². The molecule has 1 N–H and O–H groups in total. The van der Waals surface area contributed by atoms with Crippen LogP contribution in [-0.4, -0.2) is 21.5 Å². The van der Waals surface area contributed by atoms with Crippen molar-refractivity contribution in [2.75, 3.05) is 12.4 Å². The van der Waals surface area contributed by atoms with Crippen molar-refractivity contribution in [1.82, 2.24) is 14.4 Å². The van der Waals surface area contributed by atoms with E-state index in [-0.39, 0.29) is 0 Å². The Bertz CT molecular complexity index is 1470. The number of thiophene rings is 1. The van der Waals surface area contributed by atoms with Crippen LogP contribution >= 0.6 is 11.3 Å². The number of fused-ring (bicyclic) bond motifs is 2. The summed E-state index contributed by atoms with van der Waals surface area (Å²) in [5.41, 5.74) is 6.47. The van der Waals surface area contributed by atoms with Crippen LogP contribution in [0, 0.1) is 19.3 Å². The first kappa shape index (κ1) is 20.8. The molecule has 0 saturated heterocycles. The Morgan fingerprint density at radius 2 is 1.88 bits per heavy atom. The molecule has 5 nitrogen and oxygen atoms in total. The molecule has 0 radical (unpaired) electrons. The van der Waals surface area contributed by atoms with E-state index in [0.29, 0.717) is 12.3 Å². The maximum Gasteiger partial charge on any atom is 0.236 e. The molecule has 0 fully saturated rings. The smallest absolute Gasteiger partial charge is 0.236 e. The molecular weight excluding hydrogens is 428 g/mol. The number of aryl methyl sites for hydroxylation is 1. The molecule has 0 saturated carbocycles. The Kier molecular flexibility index (Phi) is 5.55. The van der Waals surface area contributed by atoms with E-state index < -0.39 is 0 Å². The van der Waals surface area contributed by atoms with Gasteiger partial charge in [0.25, 0.3) is 0 Å². The number of nitrogens with zero attached hydrogens (tertiary/aromatic N) is 3. The highest BCUT2D eigenvalue weighted by atomic mass is 32.1. The summed E-state index contributed by atoms with van der Waals surface area (Å²) in [5.74, 6) is 5.09. The zero-order valence-electron chi connectivity index (χ0n) is 18.4. The first-order valence-electron chi connectivity index (χ1n) is 10.5. The Morgan fingerprint density at radius 1 is 1.06 bits per heavy atom. The summed E-state index contributed by atoms with van der Waals surface area (Å²) in [6.45, 7) is 2.55. The van der Waals surface area contributed by atoms with Gasteiger partial charge in [0.1, 0.15) is 17.3 Å².